The lowest BCUT2D eigenvalue weighted by atomic mass is 10.0. The van der Waals surface area contributed by atoms with Crippen molar-refractivity contribution in [3.63, 3.8) is 0 Å². The van der Waals surface area contributed by atoms with Crippen molar-refractivity contribution in [2.24, 2.45) is 0 Å². The van der Waals surface area contributed by atoms with Gasteiger partial charge in [-0.3, -0.25) is 14.4 Å². The summed E-state index contributed by atoms with van der Waals surface area (Å²) in [7, 11) is 0. The summed E-state index contributed by atoms with van der Waals surface area (Å²) in [4.78, 5) is 38.3. The summed E-state index contributed by atoms with van der Waals surface area (Å²) in [5.41, 5.74) is 0. The van der Waals surface area contributed by atoms with E-state index in [4.69, 9.17) is 14.2 Å². The number of hydrogen-bond acceptors (Lipinski definition) is 6. The molecule has 1 atom stereocenters. The number of esters is 3. The molecule has 0 aliphatic heterocycles. The molecular formula is C68H130O6. The molecule has 1 unspecified atom stereocenters. The minimum atomic E-state index is -0.768. The van der Waals surface area contributed by atoms with Gasteiger partial charge in [0.1, 0.15) is 13.2 Å². The second-order valence-corrected chi connectivity index (χ2v) is 23.1. The van der Waals surface area contributed by atoms with E-state index >= 15 is 0 Å². The first-order valence-corrected chi connectivity index (χ1v) is 33.7. The maximum atomic E-state index is 12.9. The molecule has 6 heteroatoms. The second-order valence-electron chi connectivity index (χ2n) is 23.1. The van der Waals surface area contributed by atoms with Gasteiger partial charge in [-0.15, -0.1) is 0 Å². The number of carbonyl (C=O) groups is 3. The molecule has 0 N–H and O–H groups in total. The number of carbonyl (C=O) groups excluding carboxylic acids is 3. The third-order valence-electron chi connectivity index (χ3n) is 15.5. The average Bonchev–Trinajstić information content (AvgIpc) is 3.40. The predicted octanol–water partition coefficient (Wildman–Crippen LogP) is 22.8. The SMILES string of the molecule is CCCCCCCC/C=C\CCCCCCCCCC(=O)OC(COC(=O)CCCCCCCCCCCCCCCC)COC(=O)CCCCCCCCCCCCCCCCCCCCCCCCCCC. The number of hydrogen-bond donors (Lipinski definition) is 0. The predicted molar refractivity (Wildman–Crippen MR) is 321 cm³/mol. The molecule has 0 aliphatic carbocycles. The van der Waals surface area contributed by atoms with Gasteiger partial charge in [0.2, 0.25) is 0 Å². The van der Waals surface area contributed by atoms with Gasteiger partial charge in [-0.1, -0.05) is 335 Å². The van der Waals surface area contributed by atoms with Crippen molar-refractivity contribution in [3.05, 3.63) is 12.2 Å². The molecule has 0 aliphatic rings. The van der Waals surface area contributed by atoms with Crippen molar-refractivity contribution in [2.45, 2.75) is 393 Å². The Bertz CT molecular complexity index is 1150. The maximum absolute atomic E-state index is 12.9. The van der Waals surface area contributed by atoms with Gasteiger partial charge in [-0.2, -0.15) is 0 Å². The van der Waals surface area contributed by atoms with E-state index in [1.165, 1.54) is 289 Å². The molecule has 0 bridgehead atoms. The van der Waals surface area contributed by atoms with Gasteiger partial charge < -0.3 is 14.2 Å². The second kappa shape index (κ2) is 63.7. The van der Waals surface area contributed by atoms with Crippen LogP contribution in [0.25, 0.3) is 0 Å². The average molecular weight is 1040 g/mol. The largest absolute Gasteiger partial charge is 0.462 e. The lowest BCUT2D eigenvalue weighted by molar-refractivity contribution is -0.167. The Balaban J connectivity index is 4.22. The lowest BCUT2D eigenvalue weighted by Gasteiger charge is -2.18. The summed E-state index contributed by atoms with van der Waals surface area (Å²) >= 11 is 0. The Morgan fingerprint density at radius 3 is 0.676 bits per heavy atom. The molecule has 0 aromatic rings. The fourth-order valence-electron chi connectivity index (χ4n) is 10.4. The zero-order valence-corrected chi connectivity index (χ0v) is 50.4. The molecule has 0 saturated heterocycles. The minimum Gasteiger partial charge on any atom is -0.462 e. The van der Waals surface area contributed by atoms with E-state index in [2.05, 4.69) is 32.9 Å². The molecule has 0 spiro atoms. The smallest absolute Gasteiger partial charge is 0.306 e. The van der Waals surface area contributed by atoms with E-state index in [9.17, 15) is 14.4 Å². The van der Waals surface area contributed by atoms with Crippen LogP contribution in [0.4, 0.5) is 0 Å². The molecule has 6 nitrogen and oxygen atoms in total. The van der Waals surface area contributed by atoms with E-state index in [-0.39, 0.29) is 31.1 Å². The highest BCUT2D eigenvalue weighted by molar-refractivity contribution is 5.71. The quantitative estimate of drug-likeness (QED) is 0.0261. The molecule has 0 fully saturated rings. The van der Waals surface area contributed by atoms with E-state index in [0.29, 0.717) is 19.3 Å². The standard InChI is InChI=1S/C68H130O6/c1-4-7-10-13-16-19-22-25-28-30-31-32-33-34-35-36-37-39-40-43-46-49-52-55-58-61-67(70)73-64-65(63-72-66(69)60-57-54-51-48-45-42-27-24-21-18-15-12-9-6-3)74-68(71)62-59-56-53-50-47-44-41-38-29-26-23-20-17-14-11-8-5-2/h26,29,65H,4-25,27-28,30-64H2,1-3H3/b29-26-. The Hall–Kier alpha value is -1.85. The Morgan fingerprint density at radius 2 is 0.446 bits per heavy atom. The van der Waals surface area contributed by atoms with Crippen LogP contribution in [-0.4, -0.2) is 37.2 Å². The Morgan fingerprint density at radius 1 is 0.257 bits per heavy atom. The van der Waals surface area contributed by atoms with Crippen molar-refractivity contribution in [2.75, 3.05) is 13.2 Å². The fourth-order valence-corrected chi connectivity index (χ4v) is 10.4. The summed E-state index contributed by atoms with van der Waals surface area (Å²) in [6.07, 6.45) is 75.2. The van der Waals surface area contributed by atoms with Crippen LogP contribution in [0.2, 0.25) is 0 Å². The van der Waals surface area contributed by atoms with Gasteiger partial charge in [0.05, 0.1) is 0 Å². The van der Waals surface area contributed by atoms with Gasteiger partial charge in [0.15, 0.2) is 6.10 Å². The zero-order valence-electron chi connectivity index (χ0n) is 50.4. The molecule has 74 heavy (non-hydrogen) atoms. The first-order chi connectivity index (χ1) is 36.5. The topological polar surface area (TPSA) is 78.9 Å². The van der Waals surface area contributed by atoms with Crippen molar-refractivity contribution in [1.82, 2.24) is 0 Å². The summed E-state index contributed by atoms with van der Waals surface area (Å²) in [6, 6.07) is 0. The molecule has 0 rings (SSSR count). The van der Waals surface area contributed by atoms with Crippen LogP contribution in [0.15, 0.2) is 12.2 Å². The van der Waals surface area contributed by atoms with E-state index in [0.717, 1.165) is 57.8 Å². The van der Waals surface area contributed by atoms with Gasteiger partial charge in [0, 0.05) is 19.3 Å². The molecule has 0 radical (unpaired) electrons. The first kappa shape index (κ1) is 72.2. The van der Waals surface area contributed by atoms with Crippen LogP contribution in [0.1, 0.15) is 387 Å². The van der Waals surface area contributed by atoms with E-state index in [1.54, 1.807) is 0 Å². The molecule has 0 heterocycles. The van der Waals surface area contributed by atoms with E-state index < -0.39 is 6.10 Å². The van der Waals surface area contributed by atoms with Gasteiger partial charge >= 0.3 is 17.9 Å². The van der Waals surface area contributed by atoms with Crippen molar-refractivity contribution in [1.29, 1.82) is 0 Å². The molecule has 438 valence electrons. The fraction of sp³-hybridized carbons (Fsp3) is 0.926. The molecule has 0 saturated carbocycles. The molecule has 0 aromatic carbocycles. The lowest BCUT2D eigenvalue weighted by Crippen LogP contribution is -2.30. The number of unbranched alkanes of at least 4 members (excludes halogenated alkanes) is 50. The number of allylic oxidation sites excluding steroid dienone is 2. The van der Waals surface area contributed by atoms with Crippen LogP contribution in [0.5, 0.6) is 0 Å². The molecule has 0 amide bonds. The van der Waals surface area contributed by atoms with Crippen LogP contribution >= 0.6 is 0 Å². The van der Waals surface area contributed by atoms with Crippen molar-refractivity contribution < 1.29 is 28.6 Å². The summed E-state index contributed by atoms with van der Waals surface area (Å²) in [6.45, 7) is 6.71. The van der Waals surface area contributed by atoms with Crippen LogP contribution in [0, 0.1) is 0 Å². The first-order valence-electron chi connectivity index (χ1n) is 33.7. The van der Waals surface area contributed by atoms with Crippen molar-refractivity contribution in [3.8, 4) is 0 Å². The normalized spacial score (nSPS) is 12.0. The third-order valence-corrected chi connectivity index (χ3v) is 15.5. The molecule has 0 aromatic heterocycles. The highest BCUT2D eigenvalue weighted by Crippen LogP contribution is 2.19. The Kier molecular flexibility index (Phi) is 62.1. The monoisotopic (exact) mass is 1040 g/mol. The summed E-state index contributed by atoms with van der Waals surface area (Å²) in [5.74, 6) is -0.837. The highest BCUT2D eigenvalue weighted by Gasteiger charge is 2.19. The number of ether oxygens (including phenoxy) is 3. The number of rotatable bonds is 63. The van der Waals surface area contributed by atoms with Crippen molar-refractivity contribution >= 4 is 17.9 Å². The molecular weight excluding hydrogens is 913 g/mol. The van der Waals surface area contributed by atoms with Gasteiger partial charge in [-0.25, -0.2) is 0 Å². The third kappa shape index (κ3) is 61.0. The van der Waals surface area contributed by atoms with Gasteiger partial charge in [-0.05, 0) is 44.9 Å². The van der Waals surface area contributed by atoms with Gasteiger partial charge in [0.25, 0.3) is 0 Å². The summed E-state index contributed by atoms with van der Waals surface area (Å²) in [5, 5.41) is 0. The summed E-state index contributed by atoms with van der Waals surface area (Å²) < 4.78 is 17.0. The van der Waals surface area contributed by atoms with Crippen LogP contribution in [0.3, 0.4) is 0 Å². The Labute approximate surface area is 462 Å². The zero-order chi connectivity index (χ0) is 53.6. The van der Waals surface area contributed by atoms with Crippen LogP contribution in [-0.2, 0) is 28.6 Å². The van der Waals surface area contributed by atoms with E-state index in [1.807, 2.05) is 0 Å². The minimum absolute atomic E-state index is 0.0651. The maximum Gasteiger partial charge on any atom is 0.306 e. The van der Waals surface area contributed by atoms with Crippen LogP contribution < -0.4 is 0 Å². The highest BCUT2D eigenvalue weighted by atomic mass is 16.6.